The maximum atomic E-state index is 10.6. The lowest BCUT2D eigenvalue weighted by atomic mass is 10.1. The zero-order valence-electron chi connectivity index (χ0n) is 11.2. The fourth-order valence-corrected chi connectivity index (χ4v) is 2.87. The molecule has 0 amide bonds. The number of hydrogen-bond donors (Lipinski definition) is 1. The third kappa shape index (κ3) is 3.37. The van der Waals surface area contributed by atoms with Gasteiger partial charge in [-0.2, -0.15) is 0 Å². The summed E-state index contributed by atoms with van der Waals surface area (Å²) in [6.45, 7) is 2.05. The van der Waals surface area contributed by atoms with Crippen LogP contribution < -0.4 is 5.73 Å². The average Bonchev–Trinajstić information content (AvgIpc) is 2.47. The largest absolute Gasteiger partial charge is 0.324 e. The molecule has 0 aromatic heterocycles. The van der Waals surface area contributed by atoms with Crippen molar-refractivity contribution in [3.05, 3.63) is 64.2 Å². The van der Waals surface area contributed by atoms with Gasteiger partial charge < -0.3 is 5.73 Å². The molecule has 0 saturated carbocycles. The quantitative estimate of drug-likeness (QED) is 0.662. The molecule has 104 valence electrons. The topological polar surface area (TPSA) is 69.2 Å². The van der Waals surface area contributed by atoms with Gasteiger partial charge in [-0.1, -0.05) is 36.9 Å². The zero-order chi connectivity index (χ0) is 14.5. The molecule has 0 aliphatic rings. The molecule has 0 radical (unpaired) electrons. The van der Waals surface area contributed by atoms with E-state index in [2.05, 4.69) is 6.92 Å². The lowest BCUT2D eigenvalue weighted by Crippen LogP contribution is -2.09. The molecule has 0 bridgehead atoms. The zero-order valence-corrected chi connectivity index (χ0v) is 12.0. The van der Waals surface area contributed by atoms with Gasteiger partial charge in [0.2, 0.25) is 0 Å². The predicted octanol–water partition coefficient (Wildman–Crippen LogP) is 4.16. The van der Waals surface area contributed by atoms with Crippen LogP contribution in [0.3, 0.4) is 0 Å². The van der Waals surface area contributed by atoms with E-state index in [-0.39, 0.29) is 11.7 Å². The fourth-order valence-electron chi connectivity index (χ4n) is 1.86. The van der Waals surface area contributed by atoms with E-state index >= 15 is 0 Å². The molecule has 1 atom stereocenters. The van der Waals surface area contributed by atoms with Crippen LogP contribution in [0, 0.1) is 10.1 Å². The van der Waals surface area contributed by atoms with Crippen molar-refractivity contribution in [1.82, 2.24) is 0 Å². The van der Waals surface area contributed by atoms with Crippen molar-refractivity contribution in [2.45, 2.75) is 29.2 Å². The Hall–Kier alpha value is -1.85. The molecule has 0 fully saturated rings. The second-order valence-corrected chi connectivity index (χ2v) is 5.52. The van der Waals surface area contributed by atoms with Crippen molar-refractivity contribution in [3.8, 4) is 0 Å². The summed E-state index contributed by atoms with van der Waals surface area (Å²) in [4.78, 5) is 12.3. The van der Waals surface area contributed by atoms with Crippen LogP contribution in [0.2, 0.25) is 0 Å². The van der Waals surface area contributed by atoms with Gasteiger partial charge in [0, 0.05) is 28.0 Å². The highest BCUT2D eigenvalue weighted by Crippen LogP contribution is 2.34. The van der Waals surface area contributed by atoms with Gasteiger partial charge in [0.15, 0.2) is 0 Å². The SMILES string of the molecule is CC[C@H](N)c1ccccc1Sc1ccc([N+](=O)[O-])cc1. The third-order valence-corrected chi connectivity index (χ3v) is 4.13. The van der Waals surface area contributed by atoms with E-state index in [1.807, 2.05) is 24.3 Å². The maximum Gasteiger partial charge on any atom is 0.269 e. The van der Waals surface area contributed by atoms with E-state index in [0.29, 0.717) is 0 Å². The second kappa shape index (κ2) is 6.54. The highest BCUT2D eigenvalue weighted by Gasteiger charge is 2.11. The first-order valence-electron chi connectivity index (χ1n) is 6.38. The minimum absolute atomic E-state index is 0.0109. The number of hydrogen-bond acceptors (Lipinski definition) is 4. The van der Waals surface area contributed by atoms with Crippen LogP contribution in [0.1, 0.15) is 24.9 Å². The lowest BCUT2D eigenvalue weighted by molar-refractivity contribution is -0.384. The Morgan fingerprint density at radius 1 is 1.20 bits per heavy atom. The van der Waals surface area contributed by atoms with Crippen LogP contribution in [0.25, 0.3) is 0 Å². The first kappa shape index (κ1) is 14.6. The molecule has 2 N–H and O–H groups in total. The average molecular weight is 288 g/mol. The molecule has 0 saturated heterocycles. The van der Waals surface area contributed by atoms with Gasteiger partial charge >= 0.3 is 0 Å². The Morgan fingerprint density at radius 3 is 2.45 bits per heavy atom. The molecule has 0 heterocycles. The number of rotatable bonds is 5. The summed E-state index contributed by atoms with van der Waals surface area (Å²) in [5, 5.41) is 10.6. The Kier molecular flexibility index (Phi) is 4.76. The van der Waals surface area contributed by atoms with E-state index in [4.69, 9.17) is 5.73 Å². The van der Waals surface area contributed by atoms with E-state index in [1.165, 1.54) is 12.1 Å². The van der Waals surface area contributed by atoms with Crippen molar-refractivity contribution in [3.63, 3.8) is 0 Å². The summed E-state index contributed by atoms with van der Waals surface area (Å²) < 4.78 is 0. The van der Waals surface area contributed by atoms with Crippen LogP contribution in [0.5, 0.6) is 0 Å². The van der Waals surface area contributed by atoms with Gasteiger partial charge in [-0.05, 0) is 30.2 Å². The van der Waals surface area contributed by atoms with Crippen molar-refractivity contribution in [2.75, 3.05) is 0 Å². The molecule has 0 aliphatic carbocycles. The van der Waals surface area contributed by atoms with Crippen LogP contribution >= 0.6 is 11.8 Å². The van der Waals surface area contributed by atoms with E-state index in [9.17, 15) is 10.1 Å². The number of nitrogens with zero attached hydrogens (tertiary/aromatic N) is 1. The first-order valence-corrected chi connectivity index (χ1v) is 7.20. The van der Waals surface area contributed by atoms with Gasteiger partial charge in [0.1, 0.15) is 0 Å². The Labute approximate surface area is 122 Å². The highest BCUT2D eigenvalue weighted by molar-refractivity contribution is 7.99. The maximum absolute atomic E-state index is 10.6. The molecule has 20 heavy (non-hydrogen) atoms. The van der Waals surface area contributed by atoms with Crippen LogP contribution in [0.4, 0.5) is 5.69 Å². The van der Waals surface area contributed by atoms with Crippen LogP contribution in [-0.2, 0) is 0 Å². The summed E-state index contributed by atoms with van der Waals surface area (Å²) in [5.74, 6) is 0. The number of benzene rings is 2. The van der Waals surface area contributed by atoms with Gasteiger partial charge in [-0.15, -0.1) is 0 Å². The summed E-state index contributed by atoms with van der Waals surface area (Å²) in [7, 11) is 0. The predicted molar refractivity (Wildman–Crippen MR) is 80.9 cm³/mol. The highest BCUT2D eigenvalue weighted by atomic mass is 32.2. The summed E-state index contributed by atoms with van der Waals surface area (Å²) in [6, 6.07) is 14.6. The summed E-state index contributed by atoms with van der Waals surface area (Å²) >= 11 is 1.58. The van der Waals surface area contributed by atoms with Gasteiger partial charge in [-0.25, -0.2) is 0 Å². The number of non-ortho nitro benzene ring substituents is 1. The van der Waals surface area contributed by atoms with Gasteiger partial charge in [0.25, 0.3) is 5.69 Å². The van der Waals surface area contributed by atoms with Gasteiger partial charge in [0.05, 0.1) is 4.92 Å². The Morgan fingerprint density at radius 2 is 1.85 bits per heavy atom. The first-order chi connectivity index (χ1) is 9.61. The standard InChI is InChI=1S/C15H16N2O2S/c1-2-14(16)13-5-3-4-6-15(13)20-12-9-7-11(8-10-12)17(18)19/h3-10,14H,2,16H2,1H3/t14-/m0/s1. The number of nitro benzene ring substituents is 1. The van der Waals surface area contributed by atoms with Crippen LogP contribution in [0.15, 0.2) is 58.3 Å². The molecule has 2 rings (SSSR count). The molecule has 2 aromatic carbocycles. The van der Waals surface area contributed by atoms with E-state index < -0.39 is 4.92 Å². The molecule has 2 aromatic rings. The van der Waals surface area contributed by atoms with Crippen LogP contribution in [-0.4, -0.2) is 4.92 Å². The third-order valence-electron chi connectivity index (χ3n) is 3.03. The van der Waals surface area contributed by atoms with Crippen molar-refractivity contribution in [1.29, 1.82) is 0 Å². The monoisotopic (exact) mass is 288 g/mol. The van der Waals surface area contributed by atoms with Crippen molar-refractivity contribution in [2.24, 2.45) is 5.73 Å². The molecule has 0 aliphatic heterocycles. The molecule has 0 unspecified atom stereocenters. The van der Waals surface area contributed by atoms with Crippen molar-refractivity contribution >= 4 is 17.4 Å². The number of nitrogens with two attached hydrogens (primary N) is 1. The normalized spacial score (nSPS) is 12.1. The minimum atomic E-state index is -0.393. The molecule has 4 nitrogen and oxygen atoms in total. The molecular weight excluding hydrogens is 272 g/mol. The molecule has 0 spiro atoms. The second-order valence-electron chi connectivity index (χ2n) is 4.41. The summed E-state index contributed by atoms with van der Waals surface area (Å²) in [5.41, 5.74) is 7.32. The van der Waals surface area contributed by atoms with E-state index in [1.54, 1.807) is 23.9 Å². The molecule has 5 heteroatoms. The Balaban J connectivity index is 2.23. The van der Waals surface area contributed by atoms with Gasteiger partial charge in [-0.3, -0.25) is 10.1 Å². The summed E-state index contributed by atoms with van der Waals surface area (Å²) in [6.07, 6.45) is 0.873. The number of nitro groups is 1. The lowest BCUT2D eigenvalue weighted by Gasteiger charge is -2.14. The smallest absolute Gasteiger partial charge is 0.269 e. The molecular formula is C15H16N2O2S. The van der Waals surface area contributed by atoms with E-state index in [0.717, 1.165) is 21.8 Å². The Bertz CT molecular complexity index is 599. The fraction of sp³-hybridized carbons (Fsp3) is 0.200. The minimum Gasteiger partial charge on any atom is -0.324 e. The van der Waals surface area contributed by atoms with Crippen molar-refractivity contribution < 1.29 is 4.92 Å².